The molecule has 1 fully saturated rings. The molecule has 7 nitrogen and oxygen atoms in total. The van der Waals surface area contributed by atoms with Crippen molar-refractivity contribution >= 4 is 5.91 Å². The Balaban J connectivity index is 1.55. The van der Waals surface area contributed by atoms with Crippen LogP contribution in [-0.4, -0.2) is 48.6 Å². The Labute approximate surface area is 117 Å². The van der Waals surface area contributed by atoms with Gasteiger partial charge < -0.3 is 14.5 Å². The Hall–Kier alpha value is -2.18. The lowest BCUT2D eigenvalue weighted by Crippen LogP contribution is -2.39. The third-order valence-electron chi connectivity index (χ3n) is 3.73. The molecule has 2 aromatic heterocycles. The van der Waals surface area contributed by atoms with Gasteiger partial charge in [0.2, 0.25) is 5.91 Å². The number of likely N-dealkylation sites (tertiary alicyclic amines) is 1. The van der Waals surface area contributed by atoms with E-state index < -0.39 is 0 Å². The van der Waals surface area contributed by atoms with Crippen molar-refractivity contribution in [3.8, 4) is 0 Å². The Bertz CT molecular complexity index is 535. The molecule has 0 aliphatic carbocycles. The molecule has 1 unspecified atom stereocenters. The first-order valence-electron chi connectivity index (χ1n) is 6.92. The number of aromatic nitrogens is 5. The normalized spacial score (nSPS) is 19.2. The lowest BCUT2D eigenvalue weighted by atomic mass is 9.97. The third kappa shape index (κ3) is 2.87. The predicted octanol–water partition coefficient (Wildman–Crippen LogP) is 0.797. The molecule has 1 saturated heterocycles. The number of hydrogen-bond donors (Lipinski definition) is 1. The number of imidazole rings is 1. The quantitative estimate of drug-likeness (QED) is 0.894. The van der Waals surface area contributed by atoms with Crippen LogP contribution in [0.3, 0.4) is 0 Å². The van der Waals surface area contributed by atoms with Gasteiger partial charge in [-0.3, -0.25) is 4.79 Å². The van der Waals surface area contributed by atoms with Crippen molar-refractivity contribution in [2.24, 2.45) is 0 Å². The standard InChI is InChI=1S/C13H18N6O/c20-12(3-7-18-9-16-17-10-18)19-6-1-2-11(8-19)13-14-4-5-15-13/h4-5,9-11H,1-3,6-8H2,(H,14,15). The van der Waals surface area contributed by atoms with Crippen LogP contribution in [0.15, 0.2) is 25.0 Å². The molecule has 0 aromatic carbocycles. The number of hydrogen-bond acceptors (Lipinski definition) is 4. The van der Waals surface area contributed by atoms with Crippen LogP contribution in [0, 0.1) is 0 Å². The van der Waals surface area contributed by atoms with Gasteiger partial charge in [0.1, 0.15) is 18.5 Å². The zero-order valence-electron chi connectivity index (χ0n) is 11.3. The number of aromatic amines is 1. The Morgan fingerprint density at radius 2 is 2.25 bits per heavy atom. The van der Waals surface area contributed by atoms with Gasteiger partial charge in [0.15, 0.2) is 0 Å². The molecule has 1 N–H and O–H groups in total. The highest BCUT2D eigenvalue weighted by atomic mass is 16.2. The van der Waals surface area contributed by atoms with Gasteiger partial charge in [-0.15, -0.1) is 10.2 Å². The molecule has 0 spiro atoms. The van der Waals surface area contributed by atoms with Gasteiger partial charge in [0, 0.05) is 44.4 Å². The molecular weight excluding hydrogens is 256 g/mol. The van der Waals surface area contributed by atoms with E-state index in [9.17, 15) is 4.79 Å². The van der Waals surface area contributed by atoms with Crippen LogP contribution in [0.25, 0.3) is 0 Å². The molecule has 1 aliphatic heterocycles. The van der Waals surface area contributed by atoms with Crippen LogP contribution < -0.4 is 0 Å². The van der Waals surface area contributed by atoms with E-state index in [0.717, 1.165) is 31.8 Å². The fourth-order valence-corrected chi connectivity index (χ4v) is 2.65. The van der Waals surface area contributed by atoms with E-state index in [4.69, 9.17) is 0 Å². The SMILES string of the molecule is O=C(CCn1cnnc1)N1CCCC(c2ncc[nH]2)C1. The van der Waals surface area contributed by atoms with Crippen molar-refractivity contribution in [3.63, 3.8) is 0 Å². The fourth-order valence-electron chi connectivity index (χ4n) is 2.65. The van der Waals surface area contributed by atoms with Crippen LogP contribution in [0.5, 0.6) is 0 Å². The summed E-state index contributed by atoms with van der Waals surface area (Å²) in [7, 11) is 0. The molecule has 0 bridgehead atoms. The molecule has 1 aliphatic rings. The summed E-state index contributed by atoms with van der Waals surface area (Å²) < 4.78 is 1.83. The Kier molecular flexibility index (Phi) is 3.76. The lowest BCUT2D eigenvalue weighted by Gasteiger charge is -2.32. The molecule has 106 valence electrons. The molecule has 1 amide bonds. The summed E-state index contributed by atoms with van der Waals surface area (Å²) in [4.78, 5) is 21.7. The number of nitrogens with zero attached hydrogens (tertiary/aromatic N) is 5. The summed E-state index contributed by atoms with van der Waals surface area (Å²) in [5.74, 6) is 1.51. The molecule has 0 radical (unpaired) electrons. The second-order valence-electron chi connectivity index (χ2n) is 5.10. The van der Waals surface area contributed by atoms with E-state index >= 15 is 0 Å². The topological polar surface area (TPSA) is 79.7 Å². The summed E-state index contributed by atoms with van der Waals surface area (Å²) >= 11 is 0. The van der Waals surface area contributed by atoms with Crippen molar-refractivity contribution in [2.45, 2.75) is 31.7 Å². The largest absolute Gasteiger partial charge is 0.348 e. The van der Waals surface area contributed by atoms with E-state index in [-0.39, 0.29) is 5.91 Å². The fraction of sp³-hybridized carbons (Fsp3) is 0.538. The number of piperidine rings is 1. The van der Waals surface area contributed by atoms with Crippen LogP contribution in [0.1, 0.15) is 31.0 Å². The van der Waals surface area contributed by atoms with Crippen LogP contribution in [0.4, 0.5) is 0 Å². The molecule has 2 aromatic rings. The molecule has 1 atom stereocenters. The van der Waals surface area contributed by atoms with Crippen molar-refractivity contribution in [1.82, 2.24) is 29.6 Å². The van der Waals surface area contributed by atoms with Gasteiger partial charge in [0.25, 0.3) is 0 Å². The average Bonchev–Trinajstić information content (AvgIpc) is 3.18. The minimum Gasteiger partial charge on any atom is -0.348 e. The molecule has 7 heteroatoms. The maximum Gasteiger partial charge on any atom is 0.224 e. The number of nitrogens with one attached hydrogen (secondary N) is 1. The number of carbonyl (C=O) groups excluding carboxylic acids is 1. The van der Waals surface area contributed by atoms with Gasteiger partial charge in [-0.05, 0) is 12.8 Å². The zero-order valence-corrected chi connectivity index (χ0v) is 11.3. The Morgan fingerprint density at radius 3 is 3.00 bits per heavy atom. The Morgan fingerprint density at radius 1 is 1.40 bits per heavy atom. The van der Waals surface area contributed by atoms with Crippen LogP contribution in [-0.2, 0) is 11.3 Å². The number of H-pyrrole nitrogens is 1. The smallest absolute Gasteiger partial charge is 0.224 e. The monoisotopic (exact) mass is 274 g/mol. The minimum atomic E-state index is 0.190. The summed E-state index contributed by atoms with van der Waals surface area (Å²) in [6.07, 6.45) is 9.48. The maximum atomic E-state index is 12.2. The zero-order chi connectivity index (χ0) is 13.8. The van der Waals surface area contributed by atoms with Gasteiger partial charge >= 0.3 is 0 Å². The highest BCUT2D eigenvalue weighted by Crippen LogP contribution is 2.24. The average molecular weight is 274 g/mol. The number of aryl methyl sites for hydroxylation is 1. The second kappa shape index (κ2) is 5.85. The van der Waals surface area contributed by atoms with Gasteiger partial charge in [0.05, 0.1) is 0 Å². The van der Waals surface area contributed by atoms with Gasteiger partial charge in [-0.25, -0.2) is 4.98 Å². The maximum absolute atomic E-state index is 12.2. The molecule has 3 rings (SSSR count). The highest BCUT2D eigenvalue weighted by molar-refractivity contribution is 5.76. The predicted molar refractivity (Wildman–Crippen MR) is 71.8 cm³/mol. The van der Waals surface area contributed by atoms with E-state index in [1.807, 2.05) is 15.7 Å². The second-order valence-corrected chi connectivity index (χ2v) is 5.10. The molecule has 20 heavy (non-hydrogen) atoms. The number of rotatable bonds is 4. The van der Waals surface area contributed by atoms with Crippen LogP contribution in [0.2, 0.25) is 0 Å². The first-order chi connectivity index (χ1) is 9.83. The van der Waals surface area contributed by atoms with Crippen molar-refractivity contribution in [3.05, 3.63) is 30.9 Å². The number of amides is 1. The van der Waals surface area contributed by atoms with Crippen molar-refractivity contribution in [1.29, 1.82) is 0 Å². The molecule has 3 heterocycles. The summed E-state index contributed by atoms with van der Waals surface area (Å²) in [5.41, 5.74) is 0. The number of carbonyl (C=O) groups is 1. The van der Waals surface area contributed by atoms with E-state index in [1.165, 1.54) is 0 Å². The third-order valence-corrected chi connectivity index (χ3v) is 3.73. The van der Waals surface area contributed by atoms with Crippen molar-refractivity contribution < 1.29 is 4.79 Å². The first kappa shape index (κ1) is 12.8. The lowest BCUT2D eigenvalue weighted by molar-refractivity contribution is -0.132. The summed E-state index contributed by atoms with van der Waals surface area (Å²) in [5, 5.41) is 7.47. The van der Waals surface area contributed by atoms with Gasteiger partial charge in [-0.1, -0.05) is 0 Å². The minimum absolute atomic E-state index is 0.190. The van der Waals surface area contributed by atoms with Crippen LogP contribution >= 0.6 is 0 Å². The molecule has 0 saturated carbocycles. The van der Waals surface area contributed by atoms with E-state index in [2.05, 4.69) is 20.2 Å². The first-order valence-corrected chi connectivity index (χ1v) is 6.92. The molecular formula is C13H18N6O. The summed E-state index contributed by atoms with van der Waals surface area (Å²) in [6.45, 7) is 2.24. The van der Waals surface area contributed by atoms with Crippen molar-refractivity contribution in [2.75, 3.05) is 13.1 Å². The summed E-state index contributed by atoms with van der Waals surface area (Å²) in [6, 6.07) is 0. The highest BCUT2D eigenvalue weighted by Gasteiger charge is 2.25. The van der Waals surface area contributed by atoms with Gasteiger partial charge in [-0.2, -0.15) is 0 Å². The van der Waals surface area contributed by atoms with E-state index in [0.29, 0.717) is 18.9 Å². The van der Waals surface area contributed by atoms with E-state index in [1.54, 1.807) is 18.9 Å².